The lowest BCUT2D eigenvalue weighted by atomic mass is 9.94. The molecule has 0 aromatic heterocycles. The molecule has 2 nitrogen and oxygen atoms in total. The molecule has 0 N–H and O–H groups in total. The van der Waals surface area contributed by atoms with E-state index in [9.17, 15) is 21.6 Å². The highest BCUT2D eigenvalue weighted by molar-refractivity contribution is 7.90. The molecule has 0 saturated heterocycles. The van der Waals surface area contributed by atoms with Crippen molar-refractivity contribution >= 4 is 32.6 Å². The molecule has 1 aliphatic carbocycles. The zero-order valence-electron chi connectivity index (χ0n) is 13.6. The Bertz CT molecular complexity index is 1020. The quantitative estimate of drug-likeness (QED) is 0.671. The summed E-state index contributed by atoms with van der Waals surface area (Å²) in [5, 5.41) is -0.345. The van der Waals surface area contributed by atoms with Gasteiger partial charge in [-0.05, 0) is 53.0 Å². The van der Waals surface area contributed by atoms with E-state index in [4.69, 9.17) is 11.6 Å². The highest BCUT2D eigenvalue weighted by Crippen LogP contribution is 2.41. The first-order chi connectivity index (χ1) is 12.1. The molecule has 0 fully saturated rings. The minimum atomic E-state index is -4.53. The molecule has 2 aromatic carbocycles. The van der Waals surface area contributed by atoms with Crippen LogP contribution in [0, 0.1) is 0 Å². The van der Waals surface area contributed by atoms with Crippen LogP contribution in [0.15, 0.2) is 59.5 Å². The van der Waals surface area contributed by atoms with Crippen LogP contribution in [-0.2, 0) is 16.0 Å². The summed E-state index contributed by atoms with van der Waals surface area (Å²) in [6.45, 7) is 0. The molecule has 0 radical (unpaired) electrons. The lowest BCUT2D eigenvalue weighted by molar-refractivity contribution is -0.137. The maximum Gasteiger partial charge on any atom is 0.417 e. The Morgan fingerprint density at radius 2 is 1.46 bits per heavy atom. The van der Waals surface area contributed by atoms with E-state index in [1.54, 1.807) is 18.2 Å². The van der Waals surface area contributed by atoms with Crippen LogP contribution in [0.5, 0.6) is 0 Å². The molecular formula is C19H14ClF3O2S. The van der Waals surface area contributed by atoms with Crippen molar-refractivity contribution < 1.29 is 21.6 Å². The van der Waals surface area contributed by atoms with E-state index >= 15 is 0 Å². The van der Waals surface area contributed by atoms with E-state index in [1.807, 2.05) is 12.2 Å². The minimum absolute atomic E-state index is 0.191. The van der Waals surface area contributed by atoms with Crippen LogP contribution < -0.4 is 0 Å². The molecule has 0 saturated carbocycles. The fraction of sp³-hybridized carbons (Fsp3) is 0.158. The van der Waals surface area contributed by atoms with E-state index < -0.39 is 21.6 Å². The van der Waals surface area contributed by atoms with Gasteiger partial charge >= 0.3 is 6.18 Å². The molecule has 0 bridgehead atoms. The third kappa shape index (κ3) is 3.71. The van der Waals surface area contributed by atoms with Crippen molar-refractivity contribution in [3.05, 3.63) is 76.3 Å². The van der Waals surface area contributed by atoms with E-state index in [1.165, 1.54) is 18.2 Å². The molecular weight excluding hydrogens is 385 g/mol. The van der Waals surface area contributed by atoms with E-state index in [0.717, 1.165) is 23.5 Å². The summed E-state index contributed by atoms with van der Waals surface area (Å²) in [7, 11) is -3.31. The van der Waals surface area contributed by atoms with Gasteiger partial charge in [0, 0.05) is 6.26 Å². The summed E-state index contributed by atoms with van der Waals surface area (Å²) >= 11 is 5.69. The summed E-state index contributed by atoms with van der Waals surface area (Å²) in [5.74, 6) is 0. The first-order valence-corrected chi connectivity index (χ1v) is 9.92. The van der Waals surface area contributed by atoms with Crippen molar-refractivity contribution in [2.45, 2.75) is 17.5 Å². The summed E-state index contributed by atoms with van der Waals surface area (Å²) in [6.07, 6.45) is 0.903. The predicted molar refractivity (Wildman–Crippen MR) is 96.6 cm³/mol. The van der Waals surface area contributed by atoms with Gasteiger partial charge in [-0.3, -0.25) is 0 Å². The second-order valence-electron chi connectivity index (χ2n) is 5.96. The standard InChI is InChI=1S/C19H14ClF3O2S/c1-26(24,25)14-8-5-12(6-9-14)15-3-2-4-16(15)13-7-10-18(20)17(11-13)19(21,22)23/h3-11H,2H2,1H3. The molecule has 26 heavy (non-hydrogen) atoms. The van der Waals surface area contributed by atoms with Crippen LogP contribution in [0.2, 0.25) is 5.02 Å². The molecule has 0 atom stereocenters. The molecule has 0 amide bonds. The third-order valence-corrected chi connectivity index (χ3v) is 5.57. The van der Waals surface area contributed by atoms with Gasteiger partial charge in [0.05, 0.1) is 15.5 Å². The van der Waals surface area contributed by atoms with Crippen molar-refractivity contribution in [3.8, 4) is 0 Å². The third-order valence-electron chi connectivity index (χ3n) is 4.11. The molecule has 7 heteroatoms. The number of alkyl halides is 3. The van der Waals surface area contributed by atoms with Crippen molar-refractivity contribution in [1.29, 1.82) is 0 Å². The molecule has 0 unspecified atom stereocenters. The average molecular weight is 399 g/mol. The van der Waals surface area contributed by atoms with E-state index in [-0.39, 0.29) is 9.92 Å². The first kappa shape index (κ1) is 18.7. The van der Waals surface area contributed by atoms with Crippen molar-refractivity contribution in [2.24, 2.45) is 0 Å². The lowest BCUT2D eigenvalue weighted by Crippen LogP contribution is -2.06. The lowest BCUT2D eigenvalue weighted by Gasteiger charge is -2.14. The zero-order chi connectivity index (χ0) is 19.1. The van der Waals surface area contributed by atoms with Crippen LogP contribution in [0.3, 0.4) is 0 Å². The maximum absolute atomic E-state index is 13.1. The molecule has 136 valence electrons. The molecule has 0 aliphatic heterocycles. The van der Waals surface area contributed by atoms with Gasteiger partial charge in [0.1, 0.15) is 0 Å². The van der Waals surface area contributed by atoms with Gasteiger partial charge in [-0.15, -0.1) is 0 Å². The van der Waals surface area contributed by atoms with Crippen LogP contribution in [0.1, 0.15) is 23.1 Å². The Morgan fingerprint density at radius 1 is 0.923 bits per heavy atom. The number of hydrogen-bond donors (Lipinski definition) is 0. The summed E-state index contributed by atoms with van der Waals surface area (Å²) in [4.78, 5) is 0.191. The molecule has 2 aromatic rings. The largest absolute Gasteiger partial charge is 0.417 e. The van der Waals surface area contributed by atoms with Gasteiger partial charge in [0.25, 0.3) is 0 Å². The number of benzene rings is 2. The number of sulfone groups is 1. The van der Waals surface area contributed by atoms with Crippen molar-refractivity contribution in [1.82, 2.24) is 0 Å². The van der Waals surface area contributed by atoms with Crippen LogP contribution >= 0.6 is 11.6 Å². The highest BCUT2D eigenvalue weighted by atomic mass is 35.5. The number of rotatable bonds is 3. The van der Waals surface area contributed by atoms with Gasteiger partial charge < -0.3 is 0 Å². The minimum Gasteiger partial charge on any atom is -0.224 e. The van der Waals surface area contributed by atoms with Gasteiger partial charge in [0.15, 0.2) is 9.84 Å². The SMILES string of the molecule is CS(=O)(=O)c1ccc(C2=CCC=C2c2ccc(Cl)c(C(F)(F)F)c2)cc1. The van der Waals surface area contributed by atoms with Gasteiger partial charge in [-0.1, -0.05) is 42.0 Å². The number of allylic oxidation sites excluding steroid dienone is 4. The predicted octanol–water partition coefficient (Wildman–Crippen LogP) is 5.63. The number of halogens is 4. The van der Waals surface area contributed by atoms with E-state index in [0.29, 0.717) is 17.6 Å². The smallest absolute Gasteiger partial charge is 0.224 e. The Kier molecular flexibility index (Phi) is 4.75. The molecule has 1 aliphatic rings. The van der Waals surface area contributed by atoms with Crippen molar-refractivity contribution in [3.63, 3.8) is 0 Å². The van der Waals surface area contributed by atoms with Crippen molar-refractivity contribution in [2.75, 3.05) is 6.26 Å². The highest BCUT2D eigenvalue weighted by Gasteiger charge is 2.33. The number of hydrogen-bond acceptors (Lipinski definition) is 2. The first-order valence-electron chi connectivity index (χ1n) is 7.65. The Morgan fingerprint density at radius 3 is 2.00 bits per heavy atom. The van der Waals surface area contributed by atoms with Crippen LogP contribution in [0.25, 0.3) is 11.1 Å². The van der Waals surface area contributed by atoms with Gasteiger partial charge in [-0.25, -0.2) is 8.42 Å². The Labute approximate surface area is 154 Å². The Hall–Kier alpha value is -2.05. The van der Waals surface area contributed by atoms with E-state index in [2.05, 4.69) is 0 Å². The normalized spacial score (nSPS) is 15.0. The fourth-order valence-electron chi connectivity index (χ4n) is 2.85. The summed E-state index contributed by atoms with van der Waals surface area (Å²) in [6, 6.07) is 10.1. The van der Waals surface area contributed by atoms with Gasteiger partial charge in [-0.2, -0.15) is 13.2 Å². The average Bonchev–Trinajstić information content (AvgIpc) is 3.03. The monoisotopic (exact) mass is 398 g/mol. The summed E-state index contributed by atoms with van der Waals surface area (Å²) < 4.78 is 62.5. The second-order valence-corrected chi connectivity index (χ2v) is 8.38. The molecule has 3 rings (SSSR count). The summed E-state index contributed by atoms with van der Waals surface area (Å²) in [5.41, 5.74) is 1.71. The maximum atomic E-state index is 13.1. The topological polar surface area (TPSA) is 34.1 Å². The Balaban J connectivity index is 1.99. The van der Waals surface area contributed by atoms with Crippen LogP contribution in [0.4, 0.5) is 13.2 Å². The van der Waals surface area contributed by atoms with Gasteiger partial charge in [0.2, 0.25) is 0 Å². The fourth-order valence-corrected chi connectivity index (χ4v) is 3.71. The second kappa shape index (κ2) is 6.59. The molecule has 0 spiro atoms. The van der Waals surface area contributed by atoms with Crippen LogP contribution in [-0.4, -0.2) is 14.7 Å². The molecule has 0 heterocycles. The zero-order valence-corrected chi connectivity index (χ0v) is 15.2.